The van der Waals surface area contributed by atoms with Crippen LogP contribution < -0.4 is 5.43 Å². The van der Waals surface area contributed by atoms with Crippen molar-refractivity contribution in [3.05, 3.63) is 35.4 Å². The van der Waals surface area contributed by atoms with Crippen molar-refractivity contribution >= 4 is 5.91 Å². The number of hydrogen-bond acceptors (Lipinski definition) is 2. The number of hydrogen-bond donors (Lipinski definition) is 1. The molecule has 1 heterocycles. The van der Waals surface area contributed by atoms with Crippen LogP contribution >= 0.6 is 0 Å². The van der Waals surface area contributed by atoms with Gasteiger partial charge in [0.15, 0.2) is 0 Å². The molecule has 1 saturated heterocycles. The van der Waals surface area contributed by atoms with Crippen LogP contribution in [0.5, 0.6) is 0 Å². The Morgan fingerprint density at radius 3 is 2.50 bits per heavy atom. The molecular formula is C18H25F3N2O. The monoisotopic (exact) mass is 342 g/mol. The van der Waals surface area contributed by atoms with Crippen molar-refractivity contribution in [2.75, 3.05) is 0 Å². The summed E-state index contributed by atoms with van der Waals surface area (Å²) in [6.07, 6.45) is -2.41. The van der Waals surface area contributed by atoms with Crippen LogP contribution in [0.3, 0.4) is 0 Å². The number of aryl methyl sites for hydroxylation is 2. The summed E-state index contributed by atoms with van der Waals surface area (Å²) in [4.78, 5) is 11.5. The molecule has 1 aromatic rings. The molecule has 134 valence electrons. The molecule has 1 amide bonds. The van der Waals surface area contributed by atoms with Crippen molar-refractivity contribution in [1.29, 1.82) is 0 Å². The average Bonchev–Trinajstić information content (AvgIpc) is 2.75. The van der Waals surface area contributed by atoms with Gasteiger partial charge in [-0.1, -0.05) is 31.2 Å². The summed E-state index contributed by atoms with van der Waals surface area (Å²) in [6.45, 7) is 5.37. The zero-order valence-electron chi connectivity index (χ0n) is 14.4. The molecule has 0 unspecified atom stereocenters. The van der Waals surface area contributed by atoms with Gasteiger partial charge in [0, 0.05) is 12.0 Å². The van der Waals surface area contributed by atoms with Crippen molar-refractivity contribution in [3.8, 4) is 0 Å². The van der Waals surface area contributed by atoms with Crippen LogP contribution in [-0.4, -0.2) is 28.7 Å². The molecule has 1 N–H and O–H groups in total. The summed E-state index contributed by atoms with van der Waals surface area (Å²) in [7, 11) is 0. The molecule has 1 aliphatic rings. The van der Waals surface area contributed by atoms with E-state index in [0.29, 0.717) is 12.8 Å². The van der Waals surface area contributed by atoms with Gasteiger partial charge in [-0.3, -0.25) is 10.2 Å². The molecule has 1 atom stereocenters. The van der Waals surface area contributed by atoms with E-state index in [1.165, 1.54) is 5.56 Å². The van der Waals surface area contributed by atoms with Crippen LogP contribution in [0.25, 0.3) is 0 Å². The van der Waals surface area contributed by atoms with Crippen LogP contribution in [0, 0.1) is 0 Å². The smallest absolute Gasteiger partial charge is 0.288 e. The highest BCUT2D eigenvalue weighted by Crippen LogP contribution is 2.35. The minimum atomic E-state index is -4.37. The van der Waals surface area contributed by atoms with E-state index in [9.17, 15) is 18.0 Å². The minimum absolute atomic E-state index is 0.0381. The summed E-state index contributed by atoms with van der Waals surface area (Å²) in [5, 5.41) is 1.10. The third-order valence-corrected chi connectivity index (χ3v) is 4.52. The Morgan fingerprint density at radius 2 is 1.96 bits per heavy atom. The molecule has 1 aliphatic heterocycles. The largest absolute Gasteiger partial charge is 0.405 e. The highest BCUT2D eigenvalue weighted by Gasteiger charge is 2.51. The van der Waals surface area contributed by atoms with E-state index in [2.05, 4.69) is 12.3 Å². The van der Waals surface area contributed by atoms with Gasteiger partial charge in [0.05, 0.1) is 0 Å². The fraction of sp³-hybridized carbons (Fsp3) is 0.611. The predicted octanol–water partition coefficient (Wildman–Crippen LogP) is 4.02. The molecule has 0 spiro atoms. The maximum atomic E-state index is 13.5. The Labute approximate surface area is 141 Å². The summed E-state index contributed by atoms with van der Waals surface area (Å²) in [5.74, 6) is -0.357. The summed E-state index contributed by atoms with van der Waals surface area (Å²) in [5.41, 5.74) is 3.80. The molecule has 6 heteroatoms. The quantitative estimate of drug-likeness (QED) is 0.847. The van der Waals surface area contributed by atoms with Crippen molar-refractivity contribution in [3.63, 3.8) is 0 Å². The predicted molar refractivity (Wildman–Crippen MR) is 87.3 cm³/mol. The zero-order valence-corrected chi connectivity index (χ0v) is 14.4. The van der Waals surface area contributed by atoms with E-state index in [-0.39, 0.29) is 18.7 Å². The lowest BCUT2D eigenvalue weighted by Gasteiger charge is -2.37. The number of nitrogens with zero attached hydrogens (tertiary/aromatic N) is 1. The number of hydrazine groups is 1. The second-order valence-electron chi connectivity index (χ2n) is 7.02. The number of amides is 1. The first-order valence-electron chi connectivity index (χ1n) is 8.37. The molecule has 1 aromatic carbocycles. The van der Waals surface area contributed by atoms with E-state index in [0.717, 1.165) is 17.0 Å². The van der Waals surface area contributed by atoms with Crippen LogP contribution in [0.1, 0.15) is 51.2 Å². The Hall–Kier alpha value is -1.56. The third kappa shape index (κ3) is 4.50. The average molecular weight is 342 g/mol. The van der Waals surface area contributed by atoms with Crippen LogP contribution in [0.4, 0.5) is 13.2 Å². The first-order chi connectivity index (χ1) is 11.1. The minimum Gasteiger partial charge on any atom is -0.288 e. The molecule has 0 aromatic heterocycles. The normalized spacial score (nSPS) is 19.3. The first kappa shape index (κ1) is 18.8. The molecule has 0 saturated carbocycles. The van der Waals surface area contributed by atoms with E-state index >= 15 is 0 Å². The molecule has 0 aliphatic carbocycles. The van der Waals surface area contributed by atoms with Gasteiger partial charge in [-0.15, -0.1) is 0 Å². The molecule has 0 radical (unpaired) electrons. The lowest BCUT2D eigenvalue weighted by molar-refractivity contribution is -0.202. The number of carbonyl (C=O) groups is 1. The topological polar surface area (TPSA) is 32.3 Å². The highest BCUT2D eigenvalue weighted by atomic mass is 19.4. The fourth-order valence-electron chi connectivity index (χ4n) is 3.25. The van der Waals surface area contributed by atoms with Crippen molar-refractivity contribution in [1.82, 2.24) is 10.4 Å². The van der Waals surface area contributed by atoms with Crippen LogP contribution in [0.2, 0.25) is 0 Å². The van der Waals surface area contributed by atoms with Gasteiger partial charge in [0.25, 0.3) is 0 Å². The summed E-state index contributed by atoms with van der Waals surface area (Å²) in [6, 6.07) is 6.30. The van der Waals surface area contributed by atoms with E-state index in [4.69, 9.17) is 0 Å². The van der Waals surface area contributed by atoms with Gasteiger partial charge in [0.1, 0.15) is 6.04 Å². The van der Waals surface area contributed by atoms with E-state index in [1.807, 2.05) is 24.3 Å². The number of alkyl halides is 3. The second-order valence-corrected chi connectivity index (χ2v) is 7.02. The SMILES string of the molecule is CCc1cccc(CCC[C@H](N2NC(=O)CC2(C)C)C(F)(F)F)c1. The van der Waals surface area contributed by atoms with Gasteiger partial charge < -0.3 is 0 Å². The Balaban J connectivity index is 2.03. The third-order valence-electron chi connectivity index (χ3n) is 4.52. The van der Waals surface area contributed by atoms with Gasteiger partial charge in [-0.25, -0.2) is 5.01 Å². The Bertz CT molecular complexity index is 584. The van der Waals surface area contributed by atoms with Gasteiger partial charge in [-0.05, 0) is 50.7 Å². The molecule has 0 bridgehead atoms. The Kier molecular flexibility index (Phi) is 5.58. The van der Waals surface area contributed by atoms with Crippen LogP contribution in [0.15, 0.2) is 24.3 Å². The van der Waals surface area contributed by atoms with Crippen molar-refractivity contribution < 1.29 is 18.0 Å². The van der Waals surface area contributed by atoms with E-state index < -0.39 is 17.8 Å². The fourth-order valence-corrected chi connectivity index (χ4v) is 3.25. The number of nitrogens with one attached hydrogen (secondary N) is 1. The van der Waals surface area contributed by atoms with Gasteiger partial charge >= 0.3 is 6.18 Å². The molecule has 2 rings (SSSR count). The molecule has 24 heavy (non-hydrogen) atoms. The Morgan fingerprint density at radius 1 is 1.29 bits per heavy atom. The lowest BCUT2D eigenvalue weighted by Crippen LogP contribution is -2.56. The second kappa shape index (κ2) is 7.13. The van der Waals surface area contributed by atoms with Crippen molar-refractivity contribution in [2.24, 2.45) is 0 Å². The number of carbonyl (C=O) groups excluding carboxylic acids is 1. The first-order valence-corrected chi connectivity index (χ1v) is 8.37. The van der Waals surface area contributed by atoms with E-state index in [1.54, 1.807) is 13.8 Å². The molecular weight excluding hydrogens is 317 g/mol. The summed E-state index contributed by atoms with van der Waals surface area (Å²) < 4.78 is 40.5. The maximum Gasteiger partial charge on any atom is 0.405 e. The van der Waals surface area contributed by atoms with Gasteiger partial charge in [-0.2, -0.15) is 13.2 Å². The van der Waals surface area contributed by atoms with Crippen molar-refractivity contribution in [2.45, 2.75) is 70.6 Å². The number of halogens is 3. The summed E-state index contributed by atoms with van der Waals surface area (Å²) >= 11 is 0. The van der Waals surface area contributed by atoms with Gasteiger partial charge in [0.2, 0.25) is 5.91 Å². The number of benzene rings is 1. The molecule has 3 nitrogen and oxygen atoms in total. The maximum absolute atomic E-state index is 13.5. The van der Waals surface area contributed by atoms with Crippen LogP contribution in [-0.2, 0) is 17.6 Å². The highest BCUT2D eigenvalue weighted by molar-refractivity contribution is 5.78. The number of rotatable bonds is 6. The zero-order chi connectivity index (χ0) is 18.0. The standard InChI is InChI=1S/C18H25F3N2O/c1-4-13-7-5-8-14(11-13)9-6-10-15(18(19,20)21)23-17(2,3)12-16(24)22-23/h5,7-8,11,15H,4,6,9-10,12H2,1-3H3,(H,22,24)/t15-/m0/s1. The molecule has 1 fully saturated rings. The lowest BCUT2D eigenvalue weighted by atomic mass is 9.97.